The van der Waals surface area contributed by atoms with E-state index in [-0.39, 0.29) is 5.91 Å². The molecule has 2 heterocycles. The zero-order chi connectivity index (χ0) is 23.3. The number of aliphatic imine (C=N–C) groups is 1. The van der Waals surface area contributed by atoms with Crippen LogP contribution in [0.5, 0.6) is 11.5 Å². The minimum Gasteiger partial charge on any atom is -0.486 e. The molecule has 0 fully saturated rings. The summed E-state index contributed by atoms with van der Waals surface area (Å²) in [5.41, 5.74) is 3.42. The number of carbonyl (C=O) groups excluding carboxylic acids is 1. The van der Waals surface area contributed by atoms with Gasteiger partial charge in [-0.3, -0.25) is 15.1 Å². The molecule has 1 aliphatic heterocycles. The first-order valence-corrected chi connectivity index (χ1v) is 11.4. The van der Waals surface area contributed by atoms with Crippen molar-refractivity contribution in [1.82, 2.24) is 10.3 Å². The van der Waals surface area contributed by atoms with E-state index in [4.69, 9.17) is 21.1 Å². The number of nitrogens with zero attached hydrogens (tertiary/aromatic N) is 1. The second kappa shape index (κ2) is 9.89. The molecule has 3 N–H and O–H groups in total. The van der Waals surface area contributed by atoms with Gasteiger partial charge in [-0.1, -0.05) is 35.9 Å². The number of rotatable bonds is 5. The summed E-state index contributed by atoms with van der Waals surface area (Å²) in [6.45, 7) is 1.49. The Morgan fingerprint density at radius 3 is 2.74 bits per heavy atom. The molecule has 0 bridgehead atoms. The highest BCUT2D eigenvalue weighted by Crippen LogP contribution is 2.32. The molecule has 34 heavy (non-hydrogen) atoms. The lowest BCUT2D eigenvalue weighted by Crippen LogP contribution is -2.36. The van der Waals surface area contributed by atoms with Crippen LogP contribution in [0.1, 0.15) is 15.9 Å². The van der Waals surface area contributed by atoms with Crippen molar-refractivity contribution in [2.75, 3.05) is 25.1 Å². The lowest BCUT2D eigenvalue weighted by atomic mass is 10.1. The predicted octanol–water partition coefficient (Wildman–Crippen LogP) is 5.03. The van der Waals surface area contributed by atoms with Gasteiger partial charge in [-0.15, -0.1) is 0 Å². The minimum atomic E-state index is -0.307. The molecule has 172 valence electrons. The van der Waals surface area contributed by atoms with Gasteiger partial charge in [-0.25, -0.2) is 0 Å². The Morgan fingerprint density at radius 2 is 1.85 bits per heavy atom. The summed E-state index contributed by atoms with van der Waals surface area (Å²) < 4.78 is 11.3. The minimum absolute atomic E-state index is 0.307. The summed E-state index contributed by atoms with van der Waals surface area (Å²) in [6.07, 6.45) is 2.71. The Bertz CT molecular complexity index is 1370. The highest BCUT2D eigenvalue weighted by atomic mass is 35.5. The molecule has 0 saturated carbocycles. The smallest absolute Gasteiger partial charge is 0.258 e. The number of aromatic amines is 1. The van der Waals surface area contributed by atoms with Crippen LogP contribution in [0, 0.1) is 0 Å². The van der Waals surface area contributed by atoms with Crippen molar-refractivity contribution in [3.8, 4) is 11.5 Å². The first kappa shape index (κ1) is 21.9. The Morgan fingerprint density at radius 1 is 1.00 bits per heavy atom. The second-order valence-electron chi connectivity index (χ2n) is 7.79. The fourth-order valence-corrected chi connectivity index (χ4v) is 3.99. The maximum Gasteiger partial charge on any atom is 0.258 e. The normalized spacial score (nSPS) is 13.0. The lowest BCUT2D eigenvalue weighted by Gasteiger charge is -2.19. The van der Waals surface area contributed by atoms with Crippen LogP contribution in [0.3, 0.4) is 0 Å². The van der Waals surface area contributed by atoms with Gasteiger partial charge in [0, 0.05) is 46.0 Å². The highest BCUT2D eigenvalue weighted by molar-refractivity contribution is 6.31. The average Bonchev–Trinajstić information content (AvgIpc) is 3.27. The third kappa shape index (κ3) is 5.00. The first-order chi connectivity index (χ1) is 16.7. The number of benzene rings is 3. The van der Waals surface area contributed by atoms with Crippen molar-refractivity contribution in [2.24, 2.45) is 4.99 Å². The van der Waals surface area contributed by atoms with E-state index in [1.54, 1.807) is 24.3 Å². The number of hydrogen-bond acceptors (Lipinski definition) is 4. The van der Waals surface area contributed by atoms with E-state index in [1.807, 2.05) is 42.6 Å². The van der Waals surface area contributed by atoms with Gasteiger partial charge >= 0.3 is 0 Å². The van der Waals surface area contributed by atoms with Crippen molar-refractivity contribution < 1.29 is 14.3 Å². The highest BCUT2D eigenvalue weighted by Gasteiger charge is 2.14. The molecule has 0 aliphatic carbocycles. The summed E-state index contributed by atoms with van der Waals surface area (Å²) >= 11 is 6.06. The summed E-state index contributed by atoms with van der Waals surface area (Å²) in [5.74, 6) is 1.37. The number of para-hydroxylation sites is 1. The third-order valence-corrected chi connectivity index (χ3v) is 5.68. The number of carbonyl (C=O) groups is 1. The first-order valence-electron chi connectivity index (χ1n) is 11.0. The Kier molecular flexibility index (Phi) is 6.35. The van der Waals surface area contributed by atoms with Crippen LogP contribution in [-0.4, -0.2) is 36.6 Å². The van der Waals surface area contributed by atoms with E-state index in [0.29, 0.717) is 54.2 Å². The SMILES string of the molecule is O=C(NC(=NCCc1c[nH]c2ccccc12)Nc1ccc2c(c1)OCCO2)c1cccc(Cl)c1. The molecule has 0 radical (unpaired) electrons. The number of hydrogen-bond donors (Lipinski definition) is 3. The van der Waals surface area contributed by atoms with Crippen LogP contribution < -0.4 is 20.1 Å². The number of H-pyrrole nitrogens is 1. The topological polar surface area (TPSA) is 87.7 Å². The van der Waals surface area contributed by atoms with Crippen molar-refractivity contribution in [1.29, 1.82) is 0 Å². The molecule has 1 amide bonds. The number of nitrogens with one attached hydrogen (secondary N) is 3. The number of halogens is 1. The average molecular weight is 475 g/mol. The molecule has 4 aromatic rings. The van der Waals surface area contributed by atoms with Gasteiger partial charge < -0.3 is 19.8 Å². The molecule has 8 heteroatoms. The van der Waals surface area contributed by atoms with Gasteiger partial charge in [-0.2, -0.15) is 0 Å². The number of aromatic nitrogens is 1. The van der Waals surface area contributed by atoms with E-state index in [2.05, 4.69) is 26.7 Å². The molecular weight excluding hydrogens is 452 g/mol. The van der Waals surface area contributed by atoms with Gasteiger partial charge in [0.25, 0.3) is 5.91 Å². The summed E-state index contributed by atoms with van der Waals surface area (Å²) in [6, 6.07) is 20.4. The molecule has 0 unspecified atom stereocenters. The van der Waals surface area contributed by atoms with Crippen molar-refractivity contribution in [3.05, 3.63) is 89.1 Å². The van der Waals surface area contributed by atoms with Gasteiger partial charge in [0.15, 0.2) is 11.5 Å². The molecule has 7 nitrogen and oxygen atoms in total. The Hall–Kier alpha value is -3.97. The van der Waals surface area contributed by atoms with Crippen LogP contribution in [-0.2, 0) is 6.42 Å². The molecule has 5 rings (SSSR count). The number of amides is 1. The number of ether oxygens (including phenoxy) is 2. The lowest BCUT2D eigenvalue weighted by molar-refractivity contribution is 0.0977. The zero-order valence-electron chi connectivity index (χ0n) is 18.3. The molecule has 1 aromatic heterocycles. The Balaban J connectivity index is 1.36. The van der Waals surface area contributed by atoms with Crippen LogP contribution in [0.15, 0.2) is 77.9 Å². The molecule has 0 saturated heterocycles. The zero-order valence-corrected chi connectivity index (χ0v) is 19.1. The number of fused-ring (bicyclic) bond motifs is 2. The summed E-state index contributed by atoms with van der Waals surface area (Å²) in [4.78, 5) is 20.8. The van der Waals surface area contributed by atoms with Crippen LogP contribution >= 0.6 is 11.6 Å². The Labute approximate surface area is 201 Å². The van der Waals surface area contributed by atoms with E-state index >= 15 is 0 Å². The third-order valence-electron chi connectivity index (χ3n) is 5.45. The van der Waals surface area contributed by atoms with Crippen molar-refractivity contribution in [2.45, 2.75) is 6.42 Å². The van der Waals surface area contributed by atoms with Crippen LogP contribution in [0.25, 0.3) is 10.9 Å². The predicted molar refractivity (Wildman–Crippen MR) is 134 cm³/mol. The maximum absolute atomic E-state index is 12.9. The van der Waals surface area contributed by atoms with E-state index < -0.39 is 0 Å². The molecular formula is C26H23ClN4O3. The molecule has 0 atom stereocenters. The van der Waals surface area contributed by atoms with E-state index in [0.717, 1.165) is 11.2 Å². The van der Waals surface area contributed by atoms with Crippen molar-refractivity contribution in [3.63, 3.8) is 0 Å². The van der Waals surface area contributed by atoms with Gasteiger partial charge in [-0.05, 0) is 48.4 Å². The standard InChI is InChI=1S/C26H23ClN4O3/c27-19-5-3-4-17(14-19)25(32)31-26(30-20-8-9-23-24(15-20)34-13-12-33-23)28-11-10-18-16-29-22-7-2-1-6-21(18)22/h1-9,14-16,29H,10-13H2,(H2,28,30,31,32). The van der Waals surface area contributed by atoms with E-state index in [1.165, 1.54) is 10.9 Å². The summed E-state index contributed by atoms with van der Waals surface area (Å²) in [7, 11) is 0. The molecule has 0 spiro atoms. The quantitative estimate of drug-likeness (QED) is 0.279. The van der Waals surface area contributed by atoms with Crippen molar-refractivity contribution >= 4 is 40.1 Å². The number of anilines is 1. The largest absolute Gasteiger partial charge is 0.486 e. The van der Waals surface area contributed by atoms with Gasteiger partial charge in [0.2, 0.25) is 5.96 Å². The van der Waals surface area contributed by atoms with Crippen LogP contribution in [0.2, 0.25) is 5.02 Å². The van der Waals surface area contributed by atoms with Gasteiger partial charge in [0.1, 0.15) is 13.2 Å². The fourth-order valence-electron chi connectivity index (χ4n) is 3.80. The van der Waals surface area contributed by atoms with Crippen LogP contribution in [0.4, 0.5) is 5.69 Å². The summed E-state index contributed by atoms with van der Waals surface area (Å²) in [5, 5.41) is 7.73. The fraction of sp³-hybridized carbons (Fsp3) is 0.154. The molecule has 1 aliphatic rings. The second-order valence-corrected chi connectivity index (χ2v) is 8.22. The van der Waals surface area contributed by atoms with E-state index in [9.17, 15) is 4.79 Å². The number of guanidine groups is 1. The monoisotopic (exact) mass is 474 g/mol. The molecule has 3 aromatic carbocycles. The maximum atomic E-state index is 12.9. The van der Waals surface area contributed by atoms with Gasteiger partial charge in [0.05, 0.1) is 0 Å².